The molecule has 1 N–H and O–H groups in total. The predicted octanol–water partition coefficient (Wildman–Crippen LogP) is 5.00. The van der Waals surface area contributed by atoms with Gasteiger partial charge >= 0.3 is 0 Å². The van der Waals surface area contributed by atoms with Crippen LogP contribution in [0.2, 0.25) is 10.0 Å². The van der Waals surface area contributed by atoms with Gasteiger partial charge in [-0.3, -0.25) is 9.69 Å². The van der Waals surface area contributed by atoms with Crippen molar-refractivity contribution >= 4 is 46.1 Å². The molecule has 1 aliphatic carbocycles. The second-order valence-electron chi connectivity index (χ2n) is 6.47. The summed E-state index contributed by atoms with van der Waals surface area (Å²) in [5.74, 6) is 0.657. The van der Waals surface area contributed by atoms with Gasteiger partial charge in [0.05, 0.1) is 17.3 Å². The Balaban J connectivity index is 1.48. The Hall–Kier alpha value is -1.07. The number of fused-ring (bicyclic) bond motifs is 1. The van der Waals surface area contributed by atoms with Crippen LogP contribution >= 0.6 is 34.5 Å². The lowest BCUT2D eigenvalue weighted by Gasteiger charge is -2.35. The number of carbonyl (C=O) groups is 1. The largest absolute Gasteiger partial charge is 0.324 e. The molecule has 1 saturated carbocycles. The summed E-state index contributed by atoms with van der Waals surface area (Å²) in [7, 11) is 0. The van der Waals surface area contributed by atoms with Crippen LogP contribution in [0.15, 0.2) is 29.6 Å². The lowest BCUT2D eigenvalue weighted by molar-refractivity contribution is -0.118. The first kappa shape index (κ1) is 16.4. The highest BCUT2D eigenvalue weighted by atomic mass is 35.5. The van der Waals surface area contributed by atoms with Crippen molar-refractivity contribution in [1.29, 1.82) is 0 Å². The Labute approximate surface area is 155 Å². The molecule has 2 heterocycles. The van der Waals surface area contributed by atoms with Gasteiger partial charge in [0.15, 0.2) is 0 Å². The van der Waals surface area contributed by atoms with Gasteiger partial charge in [-0.2, -0.15) is 0 Å². The zero-order valence-electron chi connectivity index (χ0n) is 13.1. The smallest absolute Gasteiger partial charge is 0.238 e. The fourth-order valence-electron chi connectivity index (χ4n) is 3.51. The molecule has 2 aliphatic rings. The molecule has 4 rings (SSSR count). The van der Waals surface area contributed by atoms with E-state index in [2.05, 4.69) is 21.7 Å². The van der Waals surface area contributed by atoms with Crippen molar-refractivity contribution in [2.24, 2.45) is 5.92 Å². The molecule has 0 spiro atoms. The molecule has 0 saturated heterocycles. The molecule has 1 amide bonds. The van der Waals surface area contributed by atoms with E-state index in [9.17, 15) is 4.79 Å². The van der Waals surface area contributed by atoms with Crippen molar-refractivity contribution in [3.05, 3.63) is 50.1 Å². The molecular weight excluding hydrogens is 363 g/mol. The zero-order chi connectivity index (χ0) is 16.7. The number of thiophene rings is 1. The molecule has 2 aromatic rings. The molecule has 0 unspecified atom stereocenters. The Kier molecular flexibility index (Phi) is 4.56. The van der Waals surface area contributed by atoms with E-state index in [-0.39, 0.29) is 5.91 Å². The Morgan fingerprint density at radius 1 is 1.29 bits per heavy atom. The highest BCUT2D eigenvalue weighted by molar-refractivity contribution is 7.10. The molecule has 1 aromatic carbocycles. The Morgan fingerprint density at radius 3 is 2.92 bits per heavy atom. The van der Waals surface area contributed by atoms with Crippen LogP contribution in [0, 0.1) is 5.92 Å². The van der Waals surface area contributed by atoms with Crippen molar-refractivity contribution < 1.29 is 4.79 Å². The molecule has 3 nitrogen and oxygen atoms in total. The summed E-state index contributed by atoms with van der Waals surface area (Å²) in [6, 6.07) is 7.73. The van der Waals surface area contributed by atoms with Gasteiger partial charge < -0.3 is 5.32 Å². The number of hydrogen-bond donors (Lipinski definition) is 1. The topological polar surface area (TPSA) is 32.3 Å². The molecule has 0 radical (unpaired) electrons. The highest BCUT2D eigenvalue weighted by Crippen LogP contribution is 2.48. The number of rotatable bonds is 4. The summed E-state index contributed by atoms with van der Waals surface area (Å²) in [4.78, 5) is 16.3. The van der Waals surface area contributed by atoms with Crippen LogP contribution in [0.25, 0.3) is 0 Å². The minimum absolute atomic E-state index is 0.0384. The van der Waals surface area contributed by atoms with Crippen molar-refractivity contribution in [3.8, 4) is 0 Å². The summed E-state index contributed by atoms with van der Waals surface area (Å²) in [5, 5.41) is 6.14. The van der Waals surface area contributed by atoms with E-state index in [1.165, 1.54) is 23.3 Å². The minimum Gasteiger partial charge on any atom is -0.324 e. The quantitative estimate of drug-likeness (QED) is 0.808. The third-order valence-corrected chi connectivity index (χ3v) is 6.30. The van der Waals surface area contributed by atoms with Gasteiger partial charge in [0.1, 0.15) is 0 Å². The molecule has 24 heavy (non-hydrogen) atoms. The fraction of sp³-hybridized carbons (Fsp3) is 0.389. The van der Waals surface area contributed by atoms with Gasteiger partial charge in [-0.1, -0.05) is 23.2 Å². The molecule has 6 heteroatoms. The summed E-state index contributed by atoms with van der Waals surface area (Å²) in [6.45, 7) is 1.32. The SMILES string of the molecule is O=C(CN1CCc2sccc2[C@H]1C1CC1)Nc1cc(Cl)ccc1Cl. The first-order chi connectivity index (χ1) is 11.6. The fourth-order valence-corrected chi connectivity index (χ4v) is 4.76. The van der Waals surface area contributed by atoms with Crippen LogP contribution in [-0.2, 0) is 11.2 Å². The molecule has 1 atom stereocenters. The van der Waals surface area contributed by atoms with E-state index in [1.807, 2.05) is 11.3 Å². The standard InChI is InChI=1S/C18H18Cl2N2OS/c19-12-3-4-14(20)15(9-12)21-17(23)10-22-7-5-16-13(6-8-24-16)18(22)11-1-2-11/h3-4,6,8-9,11,18H,1-2,5,7,10H2,(H,21,23)/t18-/m1/s1. The van der Waals surface area contributed by atoms with E-state index in [0.29, 0.717) is 34.2 Å². The molecule has 1 fully saturated rings. The summed E-state index contributed by atoms with van der Waals surface area (Å²) >= 11 is 14.0. The maximum atomic E-state index is 12.5. The summed E-state index contributed by atoms with van der Waals surface area (Å²) in [6.07, 6.45) is 3.55. The van der Waals surface area contributed by atoms with Crippen LogP contribution in [0.1, 0.15) is 29.3 Å². The zero-order valence-corrected chi connectivity index (χ0v) is 15.4. The average molecular weight is 381 g/mol. The summed E-state index contributed by atoms with van der Waals surface area (Å²) in [5.41, 5.74) is 2.01. The third kappa shape index (κ3) is 3.33. The van der Waals surface area contributed by atoms with Gasteiger partial charge in [0.2, 0.25) is 5.91 Å². The maximum Gasteiger partial charge on any atom is 0.238 e. The first-order valence-corrected chi connectivity index (χ1v) is 9.80. The predicted molar refractivity (Wildman–Crippen MR) is 100 cm³/mol. The second kappa shape index (κ2) is 6.68. The third-order valence-electron chi connectivity index (χ3n) is 4.74. The van der Waals surface area contributed by atoms with E-state index < -0.39 is 0 Å². The number of carbonyl (C=O) groups excluding carboxylic acids is 1. The monoisotopic (exact) mass is 380 g/mol. The number of nitrogens with zero attached hydrogens (tertiary/aromatic N) is 1. The van der Waals surface area contributed by atoms with E-state index in [4.69, 9.17) is 23.2 Å². The van der Waals surface area contributed by atoms with Gasteiger partial charge in [0, 0.05) is 22.5 Å². The van der Waals surface area contributed by atoms with Crippen LogP contribution in [0.5, 0.6) is 0 Å². The van der Waals surface area contributed by atoms with Crippen molar-refractivity contribution in [2.75, 3.05) is 18.4 Å². The molecular formula is C18H18Cl2N2OS. The molecule has 1 aromatic heterocycles. The first-order valence-electron chi connectivity index (χ1n) is 8.17. The van der Waals surface area contributed by atoms with Crippen LogP contribution in [-0.4, -0.2) is 23.9 Å². The normalized spacial score (nSPS) is 20.7. The van der Waals surface area contributed by atoms with Crippen molar-refractivity contribution in [3.63, 3.8) is 0 Å². The average Bonchev–Trinajstić information content (AvgIpc) is 3.27. The molecule has 0 bridgehead atoms. The van der Waals surface area contributed by atoms with E-state index >= 15 is 0 Å². The van der Waals surface area contributed by atoms with E-state index in [1.54, 1.807) is 18.2 Å². The highest BCUT2D eigenvalue weighted by Gasteiger charge is 2.40. The maximum absolute atomic E-state index is 12.5. The lowest BCUT2D eigenvalue weighted by Crippen LogP contribution is -2.41. The lowest BCUT2D eigenvalue weighted by atomic mass is 9.96. The second-order valence-corrected chi connectivity index (χ2v) is 8.32. The van der Waals surface area contributed by atoms with Crippen LogP contribution in [0.4, 0.5) is 5.69 Å². The molecule has 1 aliphatic heterocycles. The Bertz CT molecular complexity index is 772. The number of benzene rings is 1. The Morgan fingerprint density at radius 2 is 2.12 bits per heavy atom. The number of hydrogen-bond acceptors (Lipinski definition) is 3. The summed E-state index contributed by atoms with van der Waals surface area (Å²) < 4.78 is 0. The minimum atomic E-state index is -0.0384. The molecule has 126 valence electrons. The number of halogens is 2. The van der Waals surface area contributed by atoms with Crippen molar-refractivity contribution in [2.45, 2.75) is 25.3 Å². The van der Waals surface area contributed by atoms with E-state index in [0.717, 1.165) is 13.0 Å². The van der Waals surface area contributed by atoms with Gasteiger partial charge in [-0.05, 0) is 60.4 Å². The van der Waals surface area contributed by atoms with Crippen LogP contribution in [0.3, 0.4) is 0 Å². The van der Waals surface area contributed by atoms with Crippen molar-refractivity contribution in [1.82, 2.24) is 4.90 Å². The van der Waals surface area contributed by atoms with Gasteiger partial charge in [0.25, 0.3) is 0 Å². The number of nitrogens with one attached hydrogen (secondary N) is 1. The number of amides is 1. The van der Waals surface area contributed by atoms with Crippen LogP contribution < -0.4 is 5.32 Å². The van der Waals surface area contributed by atoms with Gasteiger partial charge in [-0.25, -0.2) is 0 Å². The van der Waals surface area contributed by atoms with Gasteiger partial charge in [-0.15, -0.1) is 11.3 Å². The number of anilines is 1.